The normalized spacial score (nSPS) is 11.7. The van der Waals surface area contributed by atoms with Gasteiger partial charge in [-0.25, -0.2) is 4.79 Å². The summed E-state index contributed by atoms with van der Waals surface area (Å²) in [5, 5.41) is 14.7. The van der Waals surface area contributed by atoms with Crippen LogP contribution in [0.1, 0.15) is 21.5 Å². The number of amides is 1. The molecule has 1 atom stereocenters. The number of carbonyl (C=O) groups excluding carboxylic acids is 1. The summed E-state index contributed by atoms with van der Waals surface area (Å²) >= 11 is 5.96. The van der Waals surface area contributed by atoms with E-state index in [1.54, 1.807) is 18.2 Å². The first-order valence-corrected chi connectivity index (χ1v) is 10.9. The monoisotopic (exact) mass is 459 g/mol. The number of ether oxygens (including phenoxy) is 1. The first kappa shape index (κ1) is 22.4. The van der Waals surface area contributed by atoms with E-state index in [1.807, 2.05) is 72.8 Å². The van der Waals surface area contributed by atoms with Crippen LogP contribution in [0, 0.1) is 0 Å². The standard InChI is InChI=1S/C27H22ClNO4/c28-21-13-10-19(11-14-21)17-33-25-22-9-5-4-8-20(22)12-15-23(25)26(30)29-24(27(31)32)16-18-6-2-1-3-7-18/h1-15,24H,16-17H2,(H,29,30)(H,31,32)/t24-/m0/s1. The minimum atomic E-state index is -1.10. The molecule has 4 rings (SSSR count). The number of carboxylic acids is 1. The van der Waals surface area contributed by atoms with Crippen molar-refractivity contribution in [2.24, 2.45) is 0 Å². The fourth-order valence-corrected chi connectivity index (χ4v) is 3.73. The zero-order valence-corrected chi connectivity index (χ0v) is 18.5. The molecule has 0 heterocycles. The lowest BCUT2D eigenvalue weighted by Gasteiger charge is -2.18. The Labute approximate surface area is 196 Å². The second kappa shape index (κ2) is 10.2. The molecule has 33 heavy (non-hydrogen) atoms. The molecule has 0 saturated carbocycles. The first-order valence-electron chi connectivity index (χ1n) is 10.5. The lowest BCUT2D eigenvalue weighted by Crippen LogP contribution is -2.42. The lowest BCUT2D eigenvalue weighted by atomic mass is 10.0. The Morgan fingerprint density at radius 1 is 0.848 bits per heavy atom. The number of carboxylic acid groups (broad SMARTS) is 1. The van der Waals surface area contributed by atoms with Gasteiger partial charge in [0.25, 0.3) is 5.91 Å². The van der Waals surface area contributed by atoms with Crippen molar-refractivity contribution in [2.45, 2.75) is 19.1 Å². The zero-order valence-electron chi connectivity index (χ0n) is 17.7. The fourth-order valence-electron chi connectivity index (χ4n) is 3.60. The number of hydrogen-bond acceptors (Lipinski definition) is 3. The number of carbonyl (C=O) groups is 2. The van der Waals surface area contributed by atoms with Crippen LogP contribution < -0.4 is 10.1 Å². The second-order valence-corrected chi connectivity index (χ2v) is 8.07. The number of fused-ring (bicyclic) bond motifs is 1. The summed E-state index contributed by atoms with van der Waals surface area (Å²) < 4.78 is 6.11. The molecule has 2 N–H and O–H groups in total. The van der Waals surface area contributed by atoms with E-state index in [0.29, 0.717) is 10.8 Å². The van der Waals surface area contributed by atoms with Gasteiger partial charge in [0, 0.05) is 16.8 Å². The van der Waals surface area contributed by atoms with Crippen molar-refractivity contribution in [3.8, 4) is 5.75 Å². The van der Waals surface area contributed by atoms with Gasteiger partial charge in [-0.1, -0.05) is 84.4 Å². The number of hydrogen-bond donors (Lipinski definition) is 2. The molecule has 0 fully saturated rings. The quantitative estimate of drug-likeness (QED) is 0.365. The molecule has 166 valence electrons. The molecular formula is C27H22ClNO4. The minimum Gasteiger partial charge on any atom is -0.487 e. The number of rotatable bonds is 8. The molecule has 0 bridgehead atoms. The highest BCUT2D eigenvalue weighted by Crippen LogP contribution is 2.31. The Balaban J connectivity index is 1.62. The summed E-state index contributed by atoms with van der Waals surface area (Å²) in [6.07, 6.45) is 0.177. The van der Waals surface area contributed by atoms with Crippen molar-refractivity contribution < 1.29 is 19.4 Å². The maximum atomic E-state index is 13.2. The van der Waals surface area contributed by atoms with E-state index in [2.05, 4.69) is 5.32 Å². The summed E-state index contributed by atoms with van der Waals surface area (Å²) in [6.45, 7) is 0.234. The molecule has 0 aliphatic rings. The molecule has 1 amide bonds. The van der Waals surface area contributed by atoms with Crippen LogP contribution in [0.15, 0.2) is 91.0 Å². The third-order valence-electron chi connectivity index (χ3n) is 5.31. The average Bonchev–Trinajstić information content (AvgIpc) is 2.83. The number of nitrogens with one attached hydrogen (secondary N) is 1. The smallest absolute Gasteiger partial charge is 0.326 e. The van der Waals surface area contributed by atoms with Gasteiger partial charge in [-0.3, -0.25) is 4.79 Å². The summed E-state index contributed by atoms with van der Waals surface area (Å²) in [7, 11) is 0. The van der Waals surface area contributed by atoms with E-state index in [1.165, 1.54) is 0 Å². The maximum absolute atomic E-state index is 13.2. The zero-order chi connectivity index (χ0) is 23.2. The maximum Gasteiger partial charge on any atom is 0.326 e. The van der Waals surface area contributed by atoms with Gasteiger partial charge in [-0.2, -0.15) is 0 Å². The predicted molar refractivity (Wildman–Crippen MR) is 129 cm³/mol. The summed E-state index contributed by atoms with van der Waals surface area (Å²) in [5.41, 5.74) is 2.00. The van der Waals surface area contributed by atoms with Crippen molar-refractivity contribution in [3.05, 3.63) is 113 Å². The van der Waals surface area contributed by atoms with Crippen LogP contribution in [0.4, 0.5) is 0 Å². The van der Waals surface area contributed by atoms with Crippen LogP contribution in [0.3, 0.4) is 0 Å². The van der Waals surface area contributed by atoms with Gasteiger partial charge in [0.15, 0.2) is 0 Å². The molecule has 0 unspecified atom stereocenters. The molecule has 0 radical (unpaired) electrons. The van der Waals surface area contributed by atoms with Gasteiger partial charge in [0.2, 0.25) is 0 Å². The van der Waals surface area contributed by atoms with Gasteiger partial charge in [-0.05, 0) is 34.7 Å². The highest BCUT2D eigenvalue weighted by Gasteiger charge is 2.24. The predicted octanol–water partition coefficient (Wildman–Crippen LogP) is 5.50. The third-order valence-corrected chi connectivity index (χ3v) is 5.56. The number of benzene rings is 4. The van der Waals surface area contributed by atoms with Crippen molar-refractivity contribution >= 4 is 34.2 Å². The number of aliphatic carboxylic acids is 1. The van der Waals surface area contributed by atoms with Crippen LogP contribution >= 0.6 is 11.6 Å². The Morgan fingerprint density at radius 2 is 1.55 bits per heavy atom. The highest BCUT2D eigenvalue weighted by atomic mass is 35.5. The van der Waals surface area contributed by atoms with Gasteiger partial charge in [0.05, 0.1) is 5.56 Å². The van der Waals surface area contributed by atoms with Crippen molar-refractivity contribution in [1.29, 1.82) is 0 Å². The van der Waals surface area contributed by atoms with Crippen LogP contribution in [-0.2, 0) is 17.8 Å². The molecule has 0 aliphatic carbocycles. The molecule has 0 saturated heterocycles. The Kier molecular flexibility index (Phi) is 6.91. The lowest BCUT2D eigenvalue weighted by molar-refractivity contribution is -0.139. The summed E-state index contributed by atoms with van der Waals surface area (Å²) in [6, 6.07) is 26.5. The van der Waals surface area contributed by atoms with Crippen LogP contribution in [-0.4, -0.2) is 23.0 Å². The Hall–Kier alpha value is -3.83. The van der Waals surface area contributed by atoms with E-state index in [9.17, 15) is 14.7 Å². The Morgan fingerprint density at radius 3 is 2.27 bits per heavy atom. The largest absolute Gasteiger partial charge is 0.487 e. The van der Waals surface area contributed by atoms with Crippen molar-refractivity contribution in [1.82, 2.24) is 5.32 Å². The van der Waals surface area contributed by atoms with E-state index in [-0.39, 0.29) is 18.6 Å². The molecule has 5 nitrogen and oxygen atoms in total. The van der Waals surface area contributed by atoms with Crippen LogP contribution in [0.5, 0.6) is 5.75 Å². The molecule has 0 aliphatic heterocycles. The van der Waals surface area contributed by atoms with Gasteiger partial charge in [-0.15, -0.1) is 0 Å². The molecular weight excluding hydrogens is 438 g/mol. The SMILES string of the molecule is O=C(N[C@@H](Cc1ccccc1)C(=O)O)c1ccc2ccccc2c1OCc1ccc(Cl)cc1. The van der Waals surface area contributed by atoms with Crippen molar-refractivity contribution in [3.63, 3.8) is 0 Å². The first-order chi connectivity index (χ1) is 16.0. The van der Waals surface area contributed by atoms with Crippen LogP contribution in [0.25, 0.3) is 10.8 Å². The topological polar surface area (TPSA) is 75.6 Å². The second-order valence-electron chi connectivity index (χ2n) is 7.63. The van der Waals surface area contributed by atoms with E-state index in [0.717, 1.165) is 21.9 Å². The highest BCUT2D eigenvalue weighted by molar-refractivity contribution is 6.30. The third kappa shape index (κ3) is 5.51. The molecule has 6 heteroatoms. The van der Waals surface area contributed by atoms with E-state index >= 15 is 0 Å². The summed E-state index contributed by atoms with van der Waals surface area (Å²) in [4.78, 5) is 25.0. The van der Waals surface area contributed by atoms with Crippen molar-refractivity contribution in [2.75, 3.05) is 0 Å². The van der Waals surface area contributed by atoms with Crippen LogP contribution in [0.2, 0.25) is 5.02 Å². The average molecular weight is 460 g/mol. The summed E-state index contributed by atoms with van der Waals surface area (Å²) in [5.74, 6) is -1.20. The molecule has 4 aromatic rings. The van der Waals surface area contributed by atoms with Gasteiger partial charge < -0.3 is 15.2 Å². The number of halogens is 1. The van der Waals surface area contributed by atoms with Gasteiger partial charge in [0.1, 0.15) is 18.4 Å². The minimum absolute atomic E-state index is 0.177. The molecule has 0 spiro atoms. The molecule has 4 aromatic carbocycles. The van der Waals surface area contributed by atoms with E-state index < -0.39 is 17.9 Å². The van der Waals surface area contributed by atoms with Gasteiger partial charge >= 0.3 is 5.97 Å². The Bertz CT molecular complexity index is 1270. The molecule has 0 aromatic heterocycles. The fraction of sp³-hybridized carbons (Fsp3) is 0.111. The van der Waals surface area contributed by atoms with E-state index in [4.69, 9.17) is 16.3 Å².